The number of benzene rings is 2. The van der Waals surface area contributed by atoms with Crippen LogP contribution in [0, 0.1) is 17.0 Å². The highest BCUT2D eigenvalue weighted by Crippen LogP contribution is 2.18. The lowest BCUT2D eigenvalue weighted by atomic mass is 10.1. The lowest BCUT2D eigenvalue weighted by molar-refractivity contribution is -0.384. The molecule has 1 aromatic heterocycles. The van der Waals surface area contributed by atoms with Gasteiger partial charge >= 0.3 is 11.4 Å². The Labute approximate surface area is 133 Å². The molecule has 0 fully saturated rings. The van der Waals surface area contributed by atoms with Gasteiger partial charge in [-0.25, -0.2) is 14.2 Å². The highest BCUT2D eigenvalue weighted by molar-refractivity contribution is 6.01. The number of hydrogen-bond acceptors (Lipinski definition) is 6. The van der Waals surface area contributed by atoms with Gasteiger partial charge in [0.1, 0.15) is 0 Å². The van der Waals surface area contributed by atoms with Gasteiger partial charge in [0.15, 0.2) is 0 Å². The minimum atomic E-state index is -1.15. The summed E-state index contributed by atoms with van der Waals surface area (Å²) >= 11 is 0. The Morgan fingerprint density at radius 3 is 2.42 bits per heavy atom. The second kappa shape index (κ2) is 5.58. The van der Waals surface area contributed by atoms with E-state index in [1.165, 1.54) is 18.2 Å². The lowest BCUT2D eigenvalue weighted by Gasteiger charge is -2.07. The van der Waals surface area contributed by atoms with Gasteiger partial charge in [0, 0.05) is 17.7 Å². The first-order valence-corrected chi connectivity index (χ1v) is 6.84. The fraction of sp³-hybridized carbons (Fsp3) is 0.0625. The van der Waals surface area contributed by atoms with Crippen LogP contribution in [0.2, 0.25) is 0 Å². The van der Waals surface area contributed by atoms with Crippen LogP contribution in [0.3, 0.4) is 0 Å². The third kappa shape index (κ3) is 2.50. The Bertz CT molecular complexity index is 1090. The van der Waals surface area contributed by atoms with Crippen LogP contribution >= 0.6 is 0 Å². The highest BCUT2D eigenvalue weighted by atomic mass is 16.6. The number of carbonyl (C=O) groups excluding carboxylic acids is 1. The molecular weight excluding hydrogens is 316 g/mol. The Kier molecular flexibility index (Phi) is 3.57. The molecule has 0 amide bonds. The van der Waals surface area contributed by atoms with E-state index in [9.17, 15) is 24.5 Å². The molecule has 120 valence electrons. The highest BCUT2D eigenvalue weighted by Gasteiger charge is 2.19. The summed E-state index contributed by atoms with van der Waals surface area (Å²) in [7, 11) is 0. The van der Waals surface area contributed by atoms with E-state index in [1.807, 2.05) is 6.92 Å². The summed E-state index contributed by atoms with van der Waals surface area (Å²) in [5, 5.41) is 10.6. The first kappa shape index (κ1) is 15.3. The first-order valence-electron chi connectivity index (χ1n) is 6.84. The fourth-order valence-electron chi connectivity index (χ4n) is 2.29. The predicted octanol–water partition coefficient (Wildman–Crippen LogP) is 1.86. The molecule has 1 heterocycles. The Morgan fingerprint density at radius 1 is 1.12 bits per heavy atom. The quantitative estimate of drug-likeness (QED) is 0.525. The summed E-state index contributed by atoms with van der Waals surface area (Å²) in [6.07, 6.45) is 0. The normalized spacial score (nSPS) is 10.7. The van der Waals surface area contributed by atoms with Gasteiger partial charge in [0.25, 0.3) is 11.6 Å². The number of rotatable bonds is 2. The van der Waals surface area contributed by atoms with E-state index in [0.29, 0.717) is 4.57 Å². The van der Waals surface area contributed by atoms with Crippen molar-refractivity contribution in [3.63, 3.8) is 0 Å². The largest absolute Gasteiger partial charge is 0.429 e. The van der Waals surface area contributed by atoms with E-state index < -0.39 is 22.2 Å². The van der Waals surface area contributed by atoms with Gasteiger partial charge in [-0.3, -0.25) is 14.9 Å². The van der Waals surface area contributed by atoms with E-state index in [2.05, 4.69) is 4.42 Å². The van der Waals surface area contributed by atoms with E-state index in [0.717, 1.165) is 17.7 Å². The van der Waals surface area contributed by atoms with Crippen molar-refractivity contribution in [3.05, 3.63) is 84.7 Å². The molecule has 0 atom stereocenters. The molecule has 0 bridgehead atoms. The topological polar surface area (TPSA) is 112 Å². The molecule has 3 aromatic rings. The molecule has 0 aliphatic heterocycles. The van der Waals surface area contributed by atoms with Crippen molar-refractivity contribution in [2.24, 2.45) is 0 Å². The van der Waals surface area contributed by atoms with Crippen molar-refractivity contribution in [1.82, 2.24) is 4.57 Å². The standard InChI is InChI=1S/C16H10N2O6/c1-9-2-4-10(5-3-9)14(19)17-13-7-6-11(18(22)23)8-12(13)15(20)24-16(17)21/h2-8H,1H3. The SMILES string of the molecule is Cc1ccc(C(=O)n2c(=O)oc(=O)c3cc([N+](=O)[O-])ccc32)cc1. The Morgan fingerprint density at radius 2 is 1.79 bits per heavy atom. The zero-order valence-corrected chi connectivity index (χ0v) is 12.4. The molecule has 3 rings (SSSR count). The van der Waals surface area contributed by atoms with Gasteiger partial charge in [-0.1, -0.05) is 17.7 Å². The molecule has 0 N–H and O–H groups in total. The monoisotopic (exact) mass is 326 g/mol. The Hall–Kier alpha value is -3.55. The molecule has 24 heavy (non-hydrogen) atoms. The predicted molar refractivity (Wildman–Crippen MR) is 84.3 cm³/mol. The van der Waals surface area contributed by atoms with Crippen LogP contribution in [0.1, 0.15) is 15.9 Å². The van der Waals surface area contributed by atoms with Crippen molar-refractivity contribution in [1.29, 1.82) is 0 Å². The molecular formula is C16H10N2O6. The zero-order valence-electron chi connectivity index (χ0n) is 12.4. The van der Waals surface area contributed by atoms with Crippen LogP contribution in [-0.4, -0.2) is 15.4 Å². The van der Waals surface area contributed by atoms with Crippen LogP contribution in [0.4, 0.5) is 5.69 Å². The number of aryl methyl sites for hydroxylation is 1. The molecule has 0 radical (unpaired) electrons. The van der Waals surface area contributed by atoms with Crippen molar-refractivity contribution in [2.75, 3.05) is 0 Å². The summed E-state index contributed by atoms with van der Waals surface area (Å²) in [6.45, 7) is 1.84. The lowest BCUT2D eigenvalue weighted by Crippen LogP contribution is -2.30. The number of fused-ring (bicyclic) bond motifs is 1. The zero-order chi connectivity index (χ0) is 17.4. The van der Waals surface area contributed by atoms with Crippen LogP contribution < -0.4 is 11.4 Å². The number of carbonyl (C=O) groups is 1. The van der Waals surface area contributed by atoms with Crippen molar-refractivity contribution >= 4 is 22.5 Å². The third-order valence-electron chi connectivity index (χ3n) is 3.52. The molecule has 2 aromatic carbocycles. The molecule has 0 saturated heterocycles. The number of nitro groups is 1. The second-order valence-corrected chi connectivity index (χ2v) is 5.12. The second-order valence-electron chi connectivity index (χ2n) is 5.12. The number of hydrogen-bond donors (Lipinski definition) is 0. The summed E-state index contributed by atoms with van der Waals surface area (Å²) in [4.78, 5) is 46.6. The van der Waals surface area contributed by atoms with Crippen LogP contribution in [-0.2, 0) is 0 Å². The van der Waals surface area contributed by atoms with Crippen LogP contribution in [0.5, 0.6) is 0 Å². The third-order valence-corrected chi connectivity index (χ3v) is 3.52. The van der Waals surface area contributed by atoms with Crippen molar-refractivity contribution in [2.45, 2.75) is 6.92 Å². The number of nitrogens with zero attached hydrogens (tertiary/aromatic N) is 2. The fourth-order valence-corrected chi connectivity index (χ4v) is 2.29. The maximum absolute atomic E-state index is 12.6. The molecule has 8 nitrogen and oxygen atoms in total. The minimum absolute atomic E-state index is 0.0487. The molecule has 0 aliphatic carbocycles. The van der Waals surface area contributed by atoms with Crippen molar-refractivity contribution < 1.29 is 14.1 Å². The minimum Gasteiger partial charge on any atom is -0.372 e. The van der Waals surface area contributed by atoms with Crippen LogP contribution in [0.25, 0.3) is 10.9 Å². The van der Waals surface area contributed by atoms with Gasteiger partial charge in [0.05, 0.1) is 15.8 Å². The van der Waals surface area contributed by atoms with E-state index in [-0.39, 0.29) is 22.2 Å². The van der Waals surface area contributed by atoms with Gasteiger partial charge in [-0.05, 0) is 25.1 Å². The molecule has 0 aliphatic rings. The maximum Gasteiger partial charge on any atom is 0.429 e. The molecule has 8 heteroatoms. The molecule has 0 spiro atoms. The number of aromatic nitrogens is 1. The van der Waals surface area contributed by atoms with Gasteiger partial charge in [-0.15, -0.1) is 0 Å². The average molecular weight is 326 g/mol. The molecule has 0 saturated carbocycles. The smallest absolute Gasteiger partial charge is 0.372 e. The van der Waals surface area contributed by atoms with E-state index >= 15 is 0 Å². The number of non-ortho nitro benzene ring substituents is 1. The summed E-state index contributed by atoms with van der Waals surface area (Å²) in [6, 6.07) is 9.73. The Balaban J connectivity index is 2.29. The average Bonchev–Trinajstić information content (AvgIpc) is 2.55. The first-order chi connectivity index (χ1) is 11.4. The van der Waals surface area contributed by atoms with Gasteiger partial charge < -0.3 is 4.42 Å². The van der Waals surface area contributed by atoms with E-state index in [4.69, 9.17) is 0 Å². The number of nitro benzene ring substituents is 1. The summed E-state index contributed by atoms with van der Waals surface area (Å²) in [5.74, 6) is -1.84. The van der Waals surface area contributed by atoms with Crippen molar-refractivity contribution in [3.8, 4) is 0 Å². The van der Waals surface area contributed by atoms with Gasteiger partial charge in [-0.2, -0.15) is 0 Å². The molecule has 0 unspecified atom stereocenters. The van der Waals surface area contributed by atoms with E-state index in [1.54, 1.807) is 12.1 Å². The maximum atomic E-state index is 12.6. The summed E-state index contributed by atoms with van der Waals surface area (Å²) in [5.41, 5.74) is -0.281. The van der Waals surface area contributed by atoms with Gasteiger partial charge in [0.2, 0.25) is 0 Å². The summed E-state index contributed by atoms with van der Waals surface area (Å²) < 4.78 is 5.22. The van der Waals surface area contributed by atoms with Crippen LogP contribution in [0.15, 0.2) is 56.5 Å².